The van der Waals surface area contributed by atoms with Crippen LogP contribution in [-0.4, -0.2) is 27.4 Å². The number of hydrogen-bond donors (Lipinski definition) is 3. The number of amides is 1. The third-order valence-corrected chi connectivity index (χ3v) is 4.66. The molecule has 3 rings (SSSR count). The van der Waals surface area contributed by atoms with Crippen molar-refractivity contribution < 1.29 is 9.90 Å². The molecular formula is C18H14Br2N4O2. The topological polar surface area (TPSA) is 90.4 Å². The predicted molar refractivity (Wildman–Crippen MR) is 107 cm³/mol. The number of carbonyl (C=O) groups excluding carboxylic acids is 1. The number of nitrogens with one attached hydrogen (secondary N) is 2. The summed E-state index contributed by atoms with van der Waals surface area (Å²) in [4.78, 5) is 12.2. The maximum absolute atomic E-state index is 12.2. The summed E-state index contributed by atoms with van der Waals surface area (Å²) in [5, 5.41) is 20.7. The Hall–Kier alpha value is -2.45. The average Bonchev–Trinajstić information content (AvgIpc) is 3.09. The first-order chi connectivity index (χ1) is 12.4. The van der Waals surface area contributed by atoms with Crippen molar-refractivity contribution in [2.75, 3.05) is 0 Å². The predicted octanol–water partition coefficient (Wildman–Crippen LogP) is 4.38. The Morgan fingerprint density at radius 2 is 1.96 bits per heavy atom. The van der Waals surface area contributed by atoms with Crippen molar-refractivity contribution in [2.45, 2.75) is 6.92 Å². The number of halogens is 2. The molecule has 0 bridgehead atoms. The highest BCUT2D eigenvalue weighted by Crippen LogP contribution is 2.30. The van der Waals surface area contributed by atoms with Crippen molar-refractivity contribution in [1.29, 1.82) is 0 Å². The molecule has 0 fully saturated rings. The number of aryl methyl sites for hydroxylation is 1. The molecule has 1 amide bonds. The van der Waals surface area contributed by atoms with Crippen LogP contribution >= 0.6 is 31.9 Å². The van der Waals surface area contributed by atoms with E-state index in [9.17, 15) is 9.90 Å². The van der Waals surface area contributed by atoms with Gasteiger partial charge in [0.1, 0.15) is 11.4 Å². The fraction of sp³-hybridized carbons (Fsp3) is 0.0556. The van der Waals surface area contributed by atoms with Gasteiger partial charge in [-0.25, -0.2) is 5.43 Å². The van der Waals surface area contributed by atoms with Gasteiger partial charge in [0.15, 0.2) is 0 Å². The molecule has 8 heteroatoms. The van der Waals surface area contributed by atoms with Gasteiger partial charge in [-0.05, 0) is 41.1 Å². The van der Waals surface area contributed by atoms with Gasteiger partial charge in [0.25, 0.3) is 5.91 Å². The quantitative estimate of drug-likeness (QED) is 0.384. The standard InChI is InChI=1S/C18H14Br2N4O2/c1-10-2-4-11(5-3-10)15-8-16(23-22-15)18(26)24-21-9-12-6-13(19)7-14(20)17(12)25/h2-9,25H,1H3,(H,22,23)(H,24,26). The lowest BCUT2D eigenvalue weighted by atomic mass is 10.1. The number of rotatable bonds is 4. The average molecular weight is 478 g/mol. The van der Waals surface area contributed by atoms with Crippen LogP contribution in [0.25, 0.3) is 11.3 Å². The molecule has 0 saturated heterocycles. The summed E-state index contributed by atoms with van der Waals surface area (Å²) in [5.74, 6) is -0.393. The van der Waals surface area contributed by atoms with Gasteiger partial charge in [-0.15, -0.1) is 0 Å². The number of aromatic amines is 1. The van der Waals surface area contributed by atoms with E-state index in [2.05, 4.69) is 52.6 Å². The van der Waals surface area contributed by atoms with Crippen molar-refractivity contribution in [2.24, 2.45) is 5.10 Å². The number of aromatic nitrogens is 2. The zero-order valence-corrected chi connectivity index (χ0v) is 16.8. The fourth-order valence-corrected chi connectivity index (χ4v) is 3.47. The van der Waals surface area contributed by atoms with Crippen LogP contribution in [0.3, 0.4) is 0 Å². The summed E-state index contributed by atoms with van der Waals surface area (Å²) in [6.07, 6.45) is 1.36. The SMILES string of the molecule is Cc1ccc(-c2cc(C(=O)NN=Cc3cc(Br)cc(Br)c3O)[nH]n2)cc1. The van der Waals surface area contributed by atoms with Crippen molar-refractivity contribution in [3.8, 4) is 17.0 Å². The lowest BCUT2D eigenvalue weighted by Crippen LogP contribution is -2.18. The normalized spacial score (nSPS) is 11.0. The molecule has 2 aromatic carbocycles. The molecule has 0 aliphatic rings. The van der Waals surface area contributed by atoms with E-state index in [1.54, 1.807) is 18.2 Å². The van der Waals surface area contributed by atoms with Crippen molar-refractivity contribution in [3.05, 3.63) is 68.2 Å². The maximum Gasteiger partial charge on any atom is 0.289 e. The summed E-state index contributed by atoms with van der Waals surface area (Å²) in [6.45, 7) is 2.01. The number of carbonyl (C=O) groups is 1. The van der Waals surface area contributed by atoms with Gasteiger partial charge in [0, 0.05) is 15.6 Å². The number of phenolic OH excluding ortho intramolecular Hbond substituents is 1. The van der Waals surface area contributed by atoms with E-state index in [4.69, 9.17) is 0 Å². The Bertz CT molecular complexity index is 981. The first kappa shape index (κ1) is 18.3. The van der Waals surface area contributed by atoms with Crippen LogP contribution < -0.4 is 5.43 Å². The fourth-order valence-electron chi connectivity index (χ4n) is 2.22. The van der Waals surface area contributed by atoms with E-state index in [0.717, 1.165) is 15.6 Å². The number of hydrogen-bond acceptors (Lipinski definition) is 4. The van der Waals surface area contributed by atoms with Crippen molar-refractivity contribution in [1.82, 2.24) is 15.6 Å². The highest BCUT2D eigenvalue weighted by Gasteiger charge is 2.11. The number of H-pyrrole nitrogens is 1. The second-order valence-corrected chi connectivity index (χ2v) is 7.33. The molecule has 0 spiro atoms. The minimum absolute atomic E-state index is 0.0365. The number of benzene rings is 2. The Labute approximate surface area is 166 Å². The lowest BCUT2D eigenvalue weighted by molar-refractivity contribution is 0.0950. The Balaban J connectivity index is 1.70. The van der Waals surface area contributed by atoms with E-state index < -0.39 is 5.91 Å². The molecule has 1 heterocycles. The number of nitrogens with zero attached hydrogens (tertiary/aromatic N) is 2. The van der Waals surface area contributed by atoms with Crippen LogP contribution in [0, 0.1) is 6.92 Å². The summed E-state index contributed by atoms with van der Waals surface area (Å²) >= 11 is 6.57. The number of hydrazone groups is 1. The third-order valence-electron chi connectivity index (χ3n) is 3.60. The van der Waals surface area contributed by atoms with E-state index >= 15 is 0 Å². The van der Waals surface area contributed by atoms with Gasteiger partial charge in [-0.2, -0.15) is 10.2 Å². The molecule has 3 N–H and O–H groups in total. The molecule has 0 saturated carbocycles. The first-order valence-electron chi connectivity index (χ1n) is 7.58. The molecular weight excluding hydrogens is 464 g/mol. The molecule has 0 aliphatic heterocycles. The smallest absolute Gasteiger partial charge is 0.289 e. The van der Waals surface area contributed by atoms with Crippen molar-refractivity contribution >= 4 is 44.0 Å². The van der Waals surface area contributed by atoms with Gasteiger partial charge < -0.3 is 5.11 Å². The van der Waals surface area contributed by atoms with Gasteiger partial charge in [-0.1, -0.05) is 45.8 Å². The summed E-state index contributed by atoms with van der Waals surface area (Å²) in [6, 6.07) is 12.9. The second kappa shape index (κ2) is 7.84. The minimum atomic E-state index is -0.430. The van der Waals surface area contributed by atoms with Crippen LogP contribution in [0.15, 0.2) is 56.5 Å². The Morgan fingerprint density at radius 1 is 1.23 bits per heavy atom. The largest absolute Gasteiger partial charge is 0.506 e. The van der Waals surface area contributed by atoms with Crippen LogP contribution in [0.2, 0.25) is 0 Å². The molecule has 6 nitrogen and oxygen atoms in total. The number of aromatic hydroxyl groups is 1. The zero-order valence-electron chi connectivity index (χ0n) is 13.6. The molecule has 0 atom stereocenters. The summed E-state index contributed by atoms with van der Waals surface area (Å²) < 4.78 is 1.29. The molecule has 26 heavy (non-hydrogen) atoms. The summed E-state index contributed by atoms with van der Waals surface area (Å²) in [5.41, 5.74) is 5.89. The number of phenols is 1. The van der Waals surface area contributed by atoms with E-state index in [-0.39, 0.29) is 11.4 Å². The van der Waals surface area contributed by atoms with Crippen molar-refractivity contribution in [3.63, 3.8) is 0 Å². The molecule has 0 unspecified atom stereocenters. The maximum atomic E-state index is 12.2. The highest BCUT2D eigenvalue weighted by atomic mass is 79.9. The second-order valence-electron chi connectivity index (χ2n) is 5.56. The third kappa shape index (κ3) is 4.20. The van der Waals surface area contributed by atoms with Gasteiger partial charge in [-0.3, -0.25) is 9.89 Å². The van der Waals surface area contributed by atoms with E-state index in [1.165, 1.54) is 6.21 Å². The monoisotopic (exact) mass is 476 g/mol. The Kier molecular flexibility index (Phi) is 5.53. The molecule has 1 aromatic heterocycles. The molecule has 3 aromatic rings. The molecule has 0 aliphatic carbocycles. The van der Waals surface area contributed by atoms with Gasteiger partial charge in [0.05, 0.1) is 16.4 Å². The van der Waals surface area contributed by atoms with Crippen LogP contribution in [0.4, 0.5) is 0 Å². The molecule has 0 radical (unpaired) electrons. The van der Waals surface area contributed by atoms with Gasteiger partial charge in [0.2, 0.25) is 0 Å². The van der Waals surface area contributed by atoms with E-state index in [1.807, 2.05) is 31.2 Å². The summed E-state index contributed by atoms with van der Waals surface area (Å²) in [7, 11) is 0. The van der Waals surface area contributed by atoms with Gasteiger partial charge >= 0.3 is 0 Å². The Morgan fingerprint density at radius 3 is 2.69 bits per heavy atom. The van der Waals surface area contributed by atoms with Crippen LogP contribution in [-0.2, 0) is 0 Å². The minimum Gasteiger partial charge on any atom is -0.506 e. The highest BCUT2D eigenvalue weighted by molar-refractivity contribution is 9.11. The van der Waals surface area contributed by atoms with Crippen LogP contribution in [0.1, 0.15) is 21.6 Å². The molecule has 132 valence electrons. The van der Waals surface area contributed by atoms with Crippen LogP contribution in [0.5, 0.6) is 5.75 Å². The lowest BCUT2D eigenvalue weighted by Gasteiger charge is -2.02. The van der Waals surface area contributed by atoms with E-state index in [0.29, 0.717) is 15.7 Å². The zero-order chi connectivity index (χ0) is 18.7. The first-order valence-corrected chi connectivity index (χ1v) is 9.16.